The monoisotopic (exact) mass is 259 g/mol. The molecule has 0 unspecified atom stereocenters. The van der Waals surface area contributed by atoms with Gasteiger partial charge < -0.3 is 10.3 Å². The third-order valence-electron chi connectivity index (χ3n) is 2.92. The second-order valence-corrected chi connectivity index (χ2v) is 4.46. The largest absolute Gasteiger partial charge is 0.399 e. The van der Waals surface area contributed by atoms with Crippen molar-refractivity contribution < 1.29 is 0 Å². The molecule has 2 aromatic rings. The van der Waals surface area contributed by atoms with E-state index >= 15 is 0 Å². The number of hydrogen-bond acceptors (Lipinski definition) is 3. The molecule has 0 saturated carbocycles. The Kier molecular flexibility index (Phi) is 3.85. The number of hydrogen-bond donors (Lipinski definition) is 1. The lowest BCUT2D eigenvalue weighted by Gasteiger charge is -2.09. The van der Waals surface area contributed by atoms with E-state index in [0.29, 0.717) is 12.2 Å². The standard InChI is InChI=1S/C14H17N3O2/c1-2-8-16-9-7-13(18)17(14(16)19)10-11-3-5-12(15)6-4-11/h3-7,9H,2,8,10,15H2,1H3. The maximum Gasteiger partial charge on any atom is 0.331 e. The van der Waals surface area contributed by atoms with Crippen LogP contribution < -0.4 is 17.0 Å². The first kappa shape index (κ1) is 13.1. The number of nitrogens with two attached hydrogens (primary N) is 1. The summed E-state index contributed by atoms with van der Waals surface area (Å²) in [6.07, 6.45) is 2.40. The van der Waals surface area contributed by atoms with E-state index in [4.69, 9.17) is 5.73 Å². The number of aromatic nitrogens is 2. The molecular weight excluding hydrogens is 242 g/mol. The normalized spacial score (nSPS) is 10.6. The van der Waals surface area contributed by atoms with Gasteiger partial charge in [-0.25, -0.2) is 4.79 Å². The zero-order valence-electron chi connectivity index (χ0n) is 10.9. The van der Waals surface area contributed by atoms with E-state index in [-0.39, 0.29) is 17.8 Å². The molecule has 0 atom stereocenters. The average molecular weight is 259 g/mol. The van der Waals surface area contributed by atoms with Crippen molar-refractivity contribution in [1.29, 1.82) is 0 Å². The number of anilines is 1. The minimum Gasteiger partial charge on any atom is -0.399 e. The van der Waals surface area contributed by atoms with Crippen molar-refractivity contribution in [2.45, 2.75) is 26.4 Å². The van der Waals surface area contributed by atoms with E-state index in [9.17, 15) is 9.59 Å². The number of benzene rings is 1. The fraction of sp³-hybridized carbons (Fsp3) is 0.286. The molecule has 0 radical (unpaired) electrons. The summed E-state index contributed by atoms with van der Waals surface area (Å²) in [6.45, 7) is 2.87. The van der Waals surface area contributed by atoms with Crippen molar-refractivity contribution in [3.63, 3.8) is 0 Å². The summed E-state index contributed by atoms with van der Waals surface area (Å²) in [6, 6.07) is 8.58. The molecule has 0 amide bonds. The number of aryl methyl sites for hydroxylation is 1. The Hall–Kier alpha value is -2.30. The predicted octanol–water partition coefficient (Wildman–Crippen LogP) is 1.05. The molecule has 1 heterocycles. The second-order valence-electron chi connectivity index (χ2n) is 4.46. The number of nitrogen functional groups attached to an aromatic ring is 1. The van der Waals surface area contributed by atoms with Gasteiger partial charge in [0.15, 0.2) is 0 Å². The van der Waals surface area contributed by atoms with Crippen LogP contribution in [0.2, 0.25) is 0 Å². The molecule has 2 N–H and O–H groups in total. The molecular formula is C14H17N3O2. The molecule has 2 rings (SSSR count). The molecule has 1 aromatic heterocycles. The molecule has 0 aliphatic heterocycles. The van der Waals surface area contributed by atoms with Crippen molar-refractivity contribution in [2.75, 3.05) is 5.73 Å². The smallest absolute Gasteiger partial charge is 0.331 e. The summed E-state index contributed by atoms with van der Waals surface area (Å²) in [5.41, 5.74) is 6.59. The SMILES string of the molecule is CCCn1ccc(=O)n(Cc2ccc(N)cc2)c1=O. The Balaban J connectivity index is 2.39. The van der Waals surface area contributed by atoms with Crippen LogP contribution >= 0.6 is 0 Å². The van der Waals surface area contributed by atoms with Crippen LogP contribution in [0.15, 0.2) is 46.1 Å². The average Bonchev–Trinajstić information content (AvgIpc) is 2.40. The van der Waals surface area contributed by atoms with Gasteiger partial charge >= 0.3 is 5.69 Å². The van der Waals surface area contributed by atoms with Crippen LogP contribution in [0.1, 0.15) is 18.9 Å². The molecule has 5 heteroatoms. The van der Waals surface area contributed by atoms with Gasteiger partial charge in [0.2, 0.25) is 0 Å². The van der Waals surface area contributed by atoms with Gasteiger partial charge in [-0.2, -0.15) is 0 Å². The van der Waals surface area contributed by atoms with E-state index in [1.165, 1.54) is 10.6 Å². The Bertz CT molecular complexity index is 668. The lowest BCUT2D eigenvalue weighted by Crippen LogP contribution is -2.39. The molecule has 0 bridgehead atoms. The lowest BCUT2D eigenvalue weighted by atomic mass is 10.2. The molecule has 0 aliphatic carbocycles. The van der Waals surface area contributed by atoms with E-state index < -0.39 is 0 Å². The fourth-order valence-corrected chi connectivity index (χ4v) is 1.92. The predicted molar refractivity (Wildman–Crippen MR) is 75.2 cm³/mol. The van der Waals surface area contributed by atoms with Crippen molar-refractivity contribution >= 4 is 5.69 Å². The number of rotatable bonds is 4. The third-order valence-corrected chi connectivity index (χ3v) is 2.92. The Morgan fingerprint density at radius 2 is 1.79 bits per heavy atom. The topological polar surface area (TPSA) is 70.0 Å². The van der Waals surface area contributed by atoms with Gasteiger partial charge in [0, 0.05) is 24.5 Å². The highest BCUT2D eigenvalue weighted by Crippen LogP contribution is 2.05. The van der Waals surface area contributed by atoms with E-state index in [2.05, 4.69) is 0 Å². The van der Waals surface area contributed by atoms with E-state index in [1.807, 2.05) is 19.1 Å². The zero-order chi connectivity index (χ0) is 13.8. The van der Waals surface area contributed by atoms with Gasteiger partial charge in [-0.05, 0) is 24.1 Å². The molecule has 100 valence electrons. The van der Waals surface area contributed by atoms with E-state index in [0.717, 1.165) is 12.0 Å². The minimum absolute atomic E-state index is 0.266. The maximum atomic E-state index is 12.2. The molecule has 0 saturated heterocycles. The number of nitrogens with zero attached hydrogens (tertiary/aromatic N) is 2. The highest BCUT2D eigenvalue weighted by Gasteiger charge is 2.05. The van der Waals surface area contributed by atoms with Crippen LogP contribution in [0, 0.1) is 0 Å². The Labute approximate surface area is 110 Å². The van der Waals surface area contributed by atoms with E-state index in [1.54, 1.807) is 22.9 Å². The Morgan fingerprint density at radius 1 is 1.11 bits per heavy atom. The van der Waals surface area contributed by atoms with Crippen LogP contribution in [0.25, 0.3) is 0 Å². The van der Waals surface area contributed by atoms with Gasteiger partial charge in [0.25, 0.3) is 5.56 Å². The van der Waals surface area contributed by atoms with Crippen LogP contribution in [0.5, 0.6) is 0 Å². The van der Waals surface area contributed by atoms with Crippen LogP contribution in [-0.2, 0) is 13.1 Å². The lowest BCUT2D eigenvalue weighted by molar-refractivity contribution is 0.571. The molecule has 19 heavy (non-hydrogen) atoms. The summed E-state index contributed by atoms with van der Waals surface area (Å²) in [5, 5.41) is 0. The van der Waals surface area contributed by atoms with Gasteiger partial charge in [0.05, 0.1) is 6.54 Å². The highest BCUT2D eigenvalue weighted by molar-refractivity contribution is 5.39. The minimum atomic E-state index is -0.283. The molecule has 0 aliphatic rings. The first-order valence-corrected chi connectivity index (χ1v) is 6.26. The van der Waals surface area contributed by atoms with Gasteiger partial charge in [0.1, 0.15) is 0 Å². The summed E-state index contributed by atoms with van der Waals surface area (Å²) < 4.78 is 2.79. The highest BCUT2D eigenvalue weighted by atomic mass is 16.2. The van der Waals surface area contributed by atoms with Crippen LogP contribution in [-0.4, -0.2) is 9.13 Å². The molecule has 1 aromatic carbocycles. The Morgan fingerprint density at radius 3 is 2.42 bits per heavy atom. The van der Waals surface area contributed by atoms with Crippen molar-refractivity contribution in [2.24, 2.45) is 0 Å². The summed E-state index contributed by atoms with van der Waals surface area (Å²) in [7, 11) is 0. The van der Waals surface area contributed by atoms with Crippen LogP contribution in [0.3, 0.4) is 0 Å². The summed E-state index contributed by atoms with van der Waals surface area (Å²) in [5.74, 6) is 0. The van der Waals surface area contributed by atoms with Gasteiger partial charge in [-0.1, -0.05) is 19.1 Å². The molecule has 0 spiro atoms. The van der Waals surface area contributed by atoms with Crippen molar-refractivity contribution in [3.8, 4) is 0 Å². The van der Waals surface area contributed by atoms with Gasteiger partial charge in [-0.15, -0.1) is 0 Å². The second kappa shape index (κ2) is 5.56. The van der Waals surface area contributed by atoms with Gasteiger partial charge in [-0.3, -0.25) is 9.36 Å². The van der Waals surface area contributed by atoms with Crippen LogP contribution in [0.4, 0.5) is 5.69 Å². The first-order chi connectivity index (χ1) is 9.11. The van der Waals surface area contributed by atoms with Crippen molar-refractivity contribution in [1.82, 2.24) is 9.13 Å². The summed E-state index contributed by atoms with van der Waals surface area (Å²) in [4.78, 5) is 23.9. The maximum absolute atomic E-state index is 12.2. The van der Waals surface area contributed by atoms with Crippen molar-refractivity contribution in [3.05, 3.63) is 62.9 Å². The molecule has 5 nitrogen and oxygen atoms in total. The quantitative estimate of drug-likeness (QED) is 0.834. The zero-order valence-corrected chi connectivity index (χ0v) is 10.9. The fourth-order valence-electron chi connectivity index (χ4n) is 1.92. The molecule has 0 fully saturated rings. The first-order valence-electron chi connectivity index (χ1n) is 6.26. The third kappa shape index (κ3) is 2.93. The summed E-state index contributed by atoms with van der Waals surface area (Å²) >= 11 is 0.